The second-order valence-electron chi connectivity index (χ2n) is 6.88. The van der Waals surface area contributed by atoms with Crippen LogP contribution >= 0.6 is 0 Å². The molecule has 0 atom stereocenters. The smallest absolute Gasteiger partial charge is 0.229 e. The Bertz CT molecular complexity index is 1090. The molecular formula is C24H23N5. The molecular weight excluding hydrogens is 358 g/mol. The molecule has 144 valence electrons. The van der Waals surface area contributed by atoms with E-state index in [-0.39, 0.29) is 0 Å². The maximum absolute atomic E-state index is 4.75. The molecule has 0 amide bonds. The molecule has 0 fully saturated rings. The van der Waals surface area contributed by atoms with Gasteiger partial charge in [-0.15, -0.1) is 0 Å². The van der Waals surface area contributed by atoms with Gasteiger partial charge in [0.15, 0.2) is 0 Å². The van der Waals surface area contributed by atoms with Crippen molar-refractivity contribution in [1.29, 1.82) is 0 Å². The Hall–Kier alpha value is -3.73. The summed E-state index contributed by atoms with van der Waals surface area (Å²) in [6, 6.07) is 24.1. The van der Waals surface area contributed by atoms with Crippen molar-refractivity contribution in [2.75, 3.05) is 10.6 Å². The van der Waals surface area contributed by atoms with Gasteiger partial charge in [-0.25, -0.2) is 4.98 Å². The molecule has 0 aliphatic rings. The number of hydrogen-bond donors (Lipinski definition) is 2. The first-order chi connectivity index (χ1) is 14.2. The van der Waals surface area contributed by atoms with E-state index in [1.54, 1.807) is 6.20 Å². The van der Waals surface area contributed by atoms with Crippen LogP contribution in [0, 0.1) is 13.8 Å². The highest BCUT2D eigenvalue weighted by Gasteiger charge is 2.09. The van der Waals surface area contributed by atoms with Gasteiger partial charge >= 0.3 is 0 Å². The minimum absolute atomic E-state index is 0.559. The van der Waals surface area contributed by atoms with E-state index in [4.69, 9.17) is 4.98 Å². The van der Waals surface area contributed by atoms with Crippen LogP contribution in [0.15, 0.2) is 79.0 Å². The second kappa shape index (κ2) is 8.52. The SMILES string of the molecule is Cc1cccc(Nc2nc(NCc3ccccn3)cc(-c3ccccc3)n2)c1C. The van der Waals surface area contributed by atoms with Crippen molar-refractivity contribution in [2.45, 2.75) is 20.4 Å². The summed E-state index contributed by atoms with van der Waals surface area (Å²) >= 11 is 0. The first-order valence-electron chi connectivity index (χ1n) is 9.60. The van der Waals surface area contributed by atoms with Gasteiger partial charge in [0.2, 0.25) is 5.95 Å². The lowest BCUT2D eigenvalue weighted by atomic mass is 10.1. The molecule has 2 heterocycles. The number of nitrogens with one attached hydrogen (secondary N) is 2. The van der Waals surface area contributed by atoms with Gasteiger partial charge in [0.25, 0.3) is 0 Å². The van der Waals surface area contributed by atoms with Gasteiger partial charge in [-0.1, -0.05) is 48.5 Å². The molecule has 29 heavy (non-hydrogen) atoms. The minimum atomic E-state index is 0.559. The highest BCUT2D eigenvalue weighted by atomic mass is 15.1. The molecule has 5 heteroatoms. The molecule has 2 N–H and O–H groups in total. The van der Waals surface area contributed by atoms with Gasteiger partial charge in [0.1, 0.15) is 5.82 Å². The summed E-state index contributed by atoms with van der Waals surface area (Å²) in [4.78, 5) is 13.8. The van der Waals surface area contributed by atoms with E-state index in [1.165, 1.54) is 11.1 Å². The fraction of sp³-hybridized carbons (Fsp3) is 0.125. The number of anilines is 3. The normalized spacial score (nSPS) is 10.6. The molecule has 0 saturated heterocycles. The lowest BCUT2D eigenvalue weighted by molar-refractivity contribution is 1.02. The highest BCUT2D eigenvalue weighted by molar-refractivity contribution is 5.67. The Labute approximate surface area is 170 Å². The topological polar surface area (TPSA) is 62.7 Å². The van der Waals surface area contributed by atoms with Gasteiger partial charge in [-0.3, -0.25) is 4.98 Å². The van der Waals surface area contributed by atoms with Crippen molar-refractivity contribution in [3.8, 4) is 11.3 Å². The third kappa shape index (κ3) is 4.58. The summed E-state index contributed by atoms with van der Waals surface area (Å²) in [5.41, 5.74) is 6.27. The van der Waals surface area contributed by atoms with Crippen LogP contribution in [0.1, 0.15) is 16.8 Å². The first kappa shape index (κ1) is 18.6. The van der Waals surface area contributed by atoms with E-state index in [1.807, 2.05) is 66.7 Å². The highest BCUT2D eigenvalue weighted by Crippen LogP contribution is 2.25. The molecule has 0 aliphatic carbocycles. The number of rotatable bonds is 6. The zero-order valence-corrected chi connectivity index (χ0v) is 16.6. The van der Waals surface area contributed by atoms with Crippen molar-refractivity contribution in [3.05, 3.63) is 95.8 Å². The van der Waals surface area contributed by atoms with E-state index >= 15 is 0 Å². The van der Waals surface area contributed by atoms with Gasteiger partial charge in [0, 0.05) is 23.5 Å². The van der Waals surface area contributed by atoms with Gasteiger partial charge < -0.3 is 10.6 Å². The van der Waals surface area contributed by atoms with E-state index in [0.29, 0.717) is 12.5 Å². The molecule has 0 radical (unpaired) electrons. The van der Waals surface area contributed by atoms with Crippen molar-refractivity contribution in [3.63, 3.8) is 0 Å². The molecule has 2 aromatic heterocycles. The Morgan fingerprint density at radius 3 is 2.45 bits per heavy atom. The Balaban J connectivity index is 1.67. The third-order valence-electron chi connectivity index (χ3n) is 4.82. The largest absolute Gasteiger partial charge is 0.364 e. The van der Waals surface area contributed by atoms with Crippen molar-refractivity contribution < 1.29 is 0 Å². The molecule has 0 spiro atoms. The summed E-state index contributed by atoms with van der Waals surface area (Å²) < 4.78 is 0. The Morgan fingerprint density at radius 1 is 0.828 bits per heavy atom. The zero-order chi connectivity index (χ0) is 20.1. The lowest BCUT2D eigenvalue weighted by Gasteiger charge is -2.13. The average Bonchev–Trinajstić information content (AvgIpc) is 2.77. The lowest BCUT2D eigenvalue weighted by Crippen LogP contribution is -2.07. The van der Waals surface area contributed by atoms with E-state index in [9.17, 15) is 0 Å². The average molecular weight is 381 g/mol. The summed E-state index contributed by atoms with van der Waals surface area (Å²) in [5, 5.41) is 6.75. The van der Waals surface area contributed by atoms with E-state index in [2.05, 4.69) is 40.5 Å². The number of aromatic nitrogens is 3. The van der Waals surface area contributed by atoms with Crippen molar-refractivity contribution in [2.24, 2.45) is 0 Å². The Morgan fingerprint density at radius 2 is 1.66 bits per heavy atom. The maximum Gasteiger partial charge on any atom is 0.229 e. The number of pyridine rings is 1. The van der Waals surface area contributed by atoms with E-state index in [0.717, 1.165) is 28.5 Å². The number of nitrogens with zero attached hydrogens (tertiary/aromatic N) is 3. The fourth-order valence-corrected chi connectivity index (χ4v) is 3.04. The van der Waals surface area contributed by atoms with Crippen LogP contribution in [0.2, 0.25) is 0 Å². The van der Waals surface area contributed by atoms with Crippen molar-refractivity contribution in [1.82, 2.24) is 15.0 Å². The van der Waals surface area contributed by atoms with Crippen LogP contribution in [0.3, 0.4) is 0 Å². The monoisotopic (exact) mass is 381 g/mol. The summed E-state index contributed by atoms with van der Waals surface area (Å²) in [5.74, 6) is 1.31. The van der Waals surface area contributed by atoms with Crippen molar-refractivity contribution >= 4 is 17.5 Å². The van der Waals surface area contributed by atoms with Crippen LogP contribution in [-0.2, 0) is 6.54 Å². The minimum Gasteiger partial charge on any atom is -0.364 e. The number of benzene rings is 2. The quantitative estimate of drug-likeness (QED) is 0.461. The fourth-order valence-electron chi connectivity index (χ4n) is 3.04. The van der Waals surface area contributed by atoms with Crippen LogP contribution in [0.25, 0.3) is 11.3 Å². The maximum atomic E-state index is 4.75. The van der Waals surface area contributed by atoms with Crippen LogP contribution in [0.4, 0.5) is 17.5 Å². The van der Waals surface area contributed by atoms with Gasteiger partial charge in [-0.05, 0) is 43.2 Å². The summed E-state index contributed by atoms with van der Waals surface area (Å²) in [7, 11) is 0. The van der Waals surface area contributed by atoms with Crippen LogP contribution in [-0.4, -0.2) is 15.0 Å². The first-order valence-corrected chi connectivity index (χ1v) is 9.60. The Kier molecular flexibility index (Phi) is 5.47. The van der Waals surface area contributed by atoms with E-state index < -0.39 is 0 Å². The van der Waals surface area contributed by atoms with Crippen LogP contribution in [0.5, 0.6) is 0 Å². The molecule has 2 aromatic carbocycles. The van der Waals surface area contributed by atoms with Crippen LogP contribution < -0.4 is 10.6 Å². The molecule has 4 rings (SSSR count). The molecule has 0 aliphatic heterocycles. The number of aryl methyl sites for hydroxylation is 1. The summed E-state index contributed by atoms with van der Waals surface area (Å²) in [6.45, 7) is 4.79. The number of hydrogen-bond acceptors (Lipinski definition) is 5. The molecule has 0 unspecified atom stereocenters. The molecule has 0 bridgehead atoms. The van der Waals surface area contributed by atoms with Gasteiger partial charge in [-0.2, -0.15) is 4.98 Å². The standard InChI is InChI=1S/C24H23N5/c1-17-9-8-13-21(18(17)2)27-24-28-22(19-10-4-3-5-11-19)15-23(29-24)26-16-20-12-6-7-14-25-20/h3-15H,16H2,1-2H3,(H2,26,27,28,29). The predicted molar refractivity (Wildman–Crippen MR) is 118 cm³/mol. The third-order valence-corrected chi connectivity index (χ3v) is 4.82. The molecule has 0 saturated carbocycles. The predicted octanol–water partition coefficient (Wildman–Crippen LogP) is 5.51. The molecule has 4 aromatic rings. The zero-order valence-electron chi connectivity index (χ0n) is 16.6. The second-order valence-corrected chi connectivity index (χ2v) is 6.88. The molecule has 5 nitrogen and oxygen atoms in total. The van der Waals surface area contributed by atoms with Gasteiger partial charge in [0.05, 0.1) is 17.9 Å². The summed E-state index contributed by atoms with van der Waals surface area (Å²) in [6.07, 6.45) is 1.79.